The highest BCUT2D eigenvalue weighted by Crippen LogP contribution is 2.44. The van der Waals surface area contributed by atoms with Crippen LogP contribution < -0.4 is 10.1 Å². The van der Waals surface area contributed by atoms with Crippen LogP contribution in [0.5, 0.6) is 5.75 Å². The molecule has 0 aliphatic heterocycles. The summed E-state index contributed by atoms with van der Waals surface area (Å²) in [5.74, 6) is 1.93. The van der Waals surface area contributed by atoms with Gasteiger partial charge < -0.3 is 10.1 Å². The Morgan fingerprint density at radius 1 is 1.37 bits per heavy atom. The fourth-order valence-corrected chi connectivity index (χ4v) is 3.45. The number of amides is 1. The highest BCUT2D eigenvalue weighted by molar-refractivity contribution is 9.10. The quantitative estimate of drug-likeness (QED) is 0.864. The van der Waals surface area contributed by atoms with Crippen LogP contribution in [0.2, 0.25) is 0 Å². The number of allylic oxidation sites excluding steroid dienone is 2. The number of fused-ring (bicyclic) bond motifs is 2. The van der Waals surface area contributed by atoms with E-state index in [0.717, 1.165) is 23.0 Å². The number of methoxy groups -OCH3 is 1. The molecule has 0 spiro atoms. The lowest BCUT2D eigenvalue weighted by Crippen LogP contribution is -2.26. The van der Waals surface area contributed by atoms with Gasteiger partial charge in [-0.2, -0.15) is 0 Å². The fourth-order valence-electron chi connectivity index (χ4n) is 3.09. The third-order valence-electron chi connectivity index (χ3n) is 4.04. The van der Waals surface area contributed by atoms with Gasteiger partial charge in [-0.3, -0.25) is 4.79 Å². The second-order valence-electron chi connectivity index (χ2n) is 5.22. The minimum atomic E-state index is 0.105. The largest absolute Gasteiger partial charge is 0.495 e. The van der Waals surface area contributed by atoms with Crippen molar-refractivity contribution in [3.05, 3.63) is 34.8 Å². The summed E-state index contributed by atoms with van der Waals surface area (Å²) in [6.45, 7) is 0. The van der Waals surface area contributed by atoms with Gasteiger partial charge in [0.25, 0.3) is 0 Å². The average Bonchev–Trinajstić information content (AvgIpc) is 3.01. The molecule has 1 saturated carbocycles. The van der Waals surface area contributed by atoms with E-state index in [1.54, 1.807) is 7.11 Å². The average molecular weight is 322 g/mol. The highest BCUT2D eigenvalue weighted by Gasteiger charge is 2.39. The molecule has 4 heteroatoms. The molecule has 2 bridgehead atoms. The number of carbonyl (C=O) groups is 1. The Hall–Kier alpha value is -1.29. The van der Waals surface area contributed by atoms with Crippen LogP contribution in [0, 0.1) is 17.8 Å². The summed E-state index contributed by atoms with van der Waals surface area (Å²) in [6, 6.07) is 5.62. The van der Waals surface area contributed by atoms with Crippen LogP contribution in [0.1, 0.15) is 12.8 Å². The Balaban J connectivity index is 1.76. The predicted octanol–water partition coefficient (Wildman–Crippen LogP) is 3.61. The lowest BCUT2D eigenvalue weighted by atomic mass is 9.93. The molecule has 2 aliphatic carbocycles. The maximum Gasteiger partial charge on any atom is 0.228 e. The molecule has 1 fully saturated rings. The zero-order chi connectivity index (χ0) is 13.4. The zero-order valence-electron chi connectivity index (χ0n) is 10.7. The van der Waals surface area contributed by atoms with Gasteiger partial charge in [-0.25, -0.2) is 0 Å². The molecule has 3 nitrogen and oxygen atoms in total. The first kappa shape index (κ1) is 12.7. The number of halogens is 1. The van der Waals surface area contributed by atoms with Crippen molar-refractivity contribution in [1.82, 2.24) is 0 Å². The van der Waals surface area contributed by atoms with Crippen LogP contribution in [0.25, 0.3) is 0 Å². The Morgan fingerprint density at radius 2 is 2.21 bits per heavy atom. The van der Waals surface area contributed by atoms with E-state index >= 15 is 0 Å². The number of carbonyl (C=O) groups excluding carboxylic acids is 1. The summed E-state index contributed by atoms with van der Waals surface area (Å²) in [4.78, 5) is 12.4. The summed E-state index contributed by atoms with van der Waals surface area (Å²) in [5, 5.41) is 3.00. The SMILES string of the molecule is COc1ccc(Br)cc1NC(=O)C1CC2C=CC1C2. The smallest absolute Gasteiger partial charge is 0.228 e. The molecule has 0 heterocycles. The van der Waals surface area contributed by atoms with Gasteiger partial charge in [0, 0.05) is 10.4 Å². The molecule has 3 unspecified atom stereocenters. The molecule has 0 saturated heterocycles. The Morgan fingerprint density at radius 3 is 2.84 bits per heavy atom. The Labute approximate surface area is 121 Å². The monoisotopic (exact) mass is 321 g/mol. The number of hydrogen-bond donors (Lipinski definition) is 1. The number of benzene rings is 1. The molecule has 0 aromatic heterocycles. The predicted molar refractivity (Wildman–Crippen MR) is 78.2 cm³/mol. The zero-order valence-corrected chi connectivity index (χ0v) is 12.3. The molecule has 1 aromatic rings. The molecule has 1 N–H and O–H groups in total. The van der Waals surface area contributed by atoms with Crippen LogP contribution in [0.3, 0.4) is 0 Å². The maximum atomic E-state index is 12.4. The molecule has 1 amide bonds. The molecule has 0 radical (unpaired) electrons. The van der Waals surface area contributed by atoms with Crippen molar-refractivity contribution in [3.63, 3.8) is 0 Å². The van der Waals surface area contributed by atoms with Gasteiger partial charge >= 0.3 is 0 Å². The Kier molecular flexibility index (Phi) is 3.35. The second-order valence-corrected chi connectivity index (χ2v) is 6.14. The molecule has 1 aromatic carbocycles. The van der Waals surface area contributed by atoms with Crippen molar-refractivity contribution in [1.29, 1.82) is 0 Å². The summed E-state index contributed by atoms with van der Waals surface area (Å²) >= 11 is 3.41. The summed E-state index contributed by atoms with van der Waals surface area (Å²) in [7, 11) is 1.61. The first-order valence-corrected chi connectivity index (χ1v) is 7.29. The van der Waals surface area contributed by atoms with E-state index < -0.39 is 0 Å². The van der Waals surface area contributed by atoms with Crippen LogP contribution in [0.15, 0.2) is 34.8 Å². The van der Waals surface area contributed by atoms with Crippen LogP contribution in [0.4, 0.5) is 5.69 Å². The van der Waals surface area contributed by atoms with Gasteiger partial charge in [0.1, 0.15) is 5.75 Å². The van der Waals surface area contributed by atoms with Crippen molar-refractivity contribution in [3.8, 4) is 5.75 Å². The van der Waals surface area contributed by atoms with Gasteiger partial charge in [-0.15, -0.1) is 0 Å². The third-order valence-corrected chi connectivity index (χ3v) is 4.53. The first-order valence-electron chi connectivity index (χ1n) is 6.50. The van der Waals surface area contributed by atoms with Gasteiger partial charge in [0.2, 0.25) is 5.91 Å². The lowest BCUT2D eigenvalue weighted by molar-refractivity contribution is -0.120. The molecule has 19 heavy (non-hydrogen) atoms. The molecule has 3 atom stereocenters. The van der Waals surface area contributed by atoms with E-state index in [0.29, 0.717) is 17.6 Å². The minimum absolute atomic E-state index is 0.105. The number of rotatable bonds is 3. The summed E-state index contributed by atoms with van der Waals surface area (Å²) < 4.78 is 6.20. The van der Waals surface area contributed by atoms with Crippen molar-refractivity contribution >= 4 is 27.5 Å². The van der Waals surface area contributed by atoms with E-state index in [2.05, 4.69) is 33.4 Å². The van der Waals surface area contributed by atoms with Crippen molar-refractivity contribution in [2.75, 3.05) is 12.4 Å². The standard InChI is InChI=1S/C15H16BrNO2/c1-19-14-5-4-11(16)8-13(14)17-15(18)12-7-9-2-3-10(12)6-9/h2-5,8-10,12H,6-7H2,1H3,(H,17,18). The first-order chi connectivity index (χ1) is 9.17. The minimum Gasteiger partial charge on any atom is -0.495 e. The third kappa shape index (κ3) is 2.41. The van der Waals surface area contributed by atoms with Gasteiger partial charge in [-0.1, -0.05) is 28.1 Å². The molecular weight excluding hydrogens is 306 g/mol. The second kappa shape index (κ2) is 5.00. The van der Waals surface area contributed by atoms with E-state index in [-0.39, 0.29) is 11.8 Å². The van der Waals surface area contributed by atoms with E-state index in [9.17, 15) is 4.79 Å². The normalized spacial score (nSPS) is 27.6. The summed E-state index contributed by atoms with van der Waals surface area (Å²) in [6.07, 6.45) is 6.54. The van der Waals surface area contributed by atoms with Crippen molar-refractivity contribution in [2.45, 2.75) is 12.8 Å². The number of hydrogen-bond acceptors (Lipinski definition) is 2. The van der Waals surface area contributed by atoms with Crippen LogP contribution >= 0.6 is 15.9 Å². The Bertz CT molecular complexity index is 541. The topological polar surface area (TPSA) is 38.3 Å². The van der Waals surface area contributed by atoms with Crippen LogP contribution in [-0.4, -0.2) is 13.0 Å². The van der Waals surface area contributed by atoms with E-state index in [4.69, 9.17) is 4.74 Å². The van der Waals surface area contributed by atoms with Crippen LogP contribution in [-0.2, 0) is 4.79 Å². The van der Waals surface area contributed by atoms with Gasteiger partial charge in [0.05, 0.1) is 12.8 Å². The lowest BCUT2D eigenvalue weighted by Gasteiger charge is -2.18. The molecule has 2 aliphatic rings. The van der Waals surface area contributed by atoms with E-state index in [1.165, 1.54) is 0 Å². The van der Waals surface area contributed by atoms with Crippen molar-refractivity contribution < 1.29 is 9.53 Å². The molecule has 100 valence electrons. The number of nitrogens with one attached hydrogen (secondary N) is 1. The number of ether oxygens (including phenoxy) is 1. The highest BCUT2D eigenvalue weighted by atomic mass is 79.9. The number of anilines is 1. The van der Waals surface area contributed by atoms with Gasteiger partial charge in [0.15, 0.2) is 0 Å². The van der Waals surface area contributed by atoms with Gasteiger partial charge in [-0.05, 0) is 42.9 Å². The molecule has 3 rings (SSSR count). The summed E-state index contributed by atoms with van der Waals surface area (Å²) in [5.41, 5.74) is 0.730. The van der Waals surface area contributed by atoms with Crippen molar-refractivity contribution in [2.24, 2.45) is 17.8 Å². The molecular formula is C15H16BrNO2. The maximum absolute atomic E-state index is 12.4. The van der Waals surface area contributed by atoms with E-state index in [1.807, 2.05) is 18.2 Å². The fraction of sp³-hybridized carbons (Fsp3) is 0.400.